The molecule has 0 saturated heterocycles. The van der Waals surface area contributed by atoms with Gasteiger partial charge in [0, 0.05) is 27.8 Å². The lowest BCUT2D eigenvalue weighted by molar-refractivity contribution is 0.668. The molecule has 2 unspecified atom stereocenters. The van der Waals surface area contributed by atoms with E-state index in [0.29, 0.717) is 5.75 Å². The van der Waals surface area contributed by atoms with Gasteiger partial charge in [-0.15, -0.1) is 0 Å². The Morgan fingerprint density at radius 2 is 1.88 bits per heavy atom. The van der Waals surface area contributed by atoms with Crippen LogP contribution in [0.5, 0.6) is 0 Å². The van der Waals surface area contributed by atoms with Gasteiger partial charge in [0.05, 0.1) is 0 Å². The molecule has 90 valence electrons. The van der Waals surface area contributed by atoms with Crippen molar-refractivity contribution in [2.75, 3.05) is 5.75 Å². The smallest absolute Gasteiger partial charge is 0.0431 e. The second kappa shape index (κ2) is 5.60. The second-order valence-electron chi connectivity index (χ2n) is 4.55. The Hall–Kier alpha value is -0.670. The fourth-order valence-corrected chi connectivity index (χ4v) is 2.39. The maximum Gasteiger partial charge on any atom is 0.0431 e. The second-order valence-corrected chi connectivity index (χ2v) is 6.58. The number of hydrogen-bond donors (Lipinski definition) is 1. The maximum absolute atomic E-state index is 11.7. The number of benzene rings is 1. The van der Waals surface area contributed by atoms with Gasteiger partial charge in [0.25, 0.3) is 0 Å². The summed E-state index contributed by atoms with van der Waals surface area (Å²) in [5, 5.41) is 0.178. The molecule has 0 saturated carbocycles. The minimum absolute atomic E-state index is 0.123. The summed E-state index contributed by atoms with van der Waals surface area (Å²) in [5.41, 5.74) is 9.64. The quantitative estimate of drug-likeness (QED) is 0.877. The van der Waals surface area contributed by atoms with Crippen molar-refractivity contribution in [1.82, 2.24) is 0 Å². The van der Waals surface area contributed by atoms with Crippen LogP contribution in [0, 0.1) is 13.8 Å². The van der Waals surface area contributed by atoms with Crippen molar-refractivity contribution in [3.63, 3.8) is 0 Å². The minimum atomic E-state index is -0.839. The maximum atomic E-state index is 11.7. The predicted octanol–water partition coefficient (Wildman–Crippen LogP) is 2.46. The van der Waals surface area contributed by atoms with E-state index in [-0.39, 0.29) is 11.3 Å². The van der Waals surface area contributed by atoms with Gasteiger partial charge in [-0.2, -0.15) is 0 Å². The van der Waals surface area contributed by atoms with Crippen molar-refractivity contribution in [1.29, 1.82) is 0 Å². The lowest BCUT2D eigenvalue weighted by Crippen LogP contribution is -2.22. The van der Waals surface area contributed by atoms with Crippen LogP contribution in [0.1, 0.15) is 36.6 Å². The number of rotatable bonds is 4. The molecule has 1 aromatic carbocycles. The zero-order valence-electron chi connectivity index (χ0n) is 10.5. The molecule has 0 aliphatic carbocycles. The first-order chi connectivity index (χ1) is 7.41. The molecule has 3 heteroatoms. The number of nitrogens with two attached hydrogens (primary N) is 1. The Morgan fingerprint density at radius 3 is 2.38 bits per heavy atom. The SMILES string of the molecule is Cc1ccc(C(N)CS(=O)C(C)C)cc1C. The molecule has 16 heavy (non-hydrogen) atoms. The fourth-order valence-electron chi connectivity index (χ4n) is 1.46. The third-order valence-corrected chi connectivity index (χ3v) is 4.57. The normalized spacial score (nSPS) is 15.1. The molecule has 0 bridgehead atoms. The molecule has 0 heterocycles. The average Bonchev–Trinajstić information content (AvgIpc) is 2.21. The van der Waals surface area contributed by atoms with Gasteiger partial charge in [0.2, 0.25) is 0 Å². The summed E-state index contributed by atoms with van der Waals surface area (Å²) < 4.78 is 11.7. The van der Waals surface area contributed by atoms with Crippen LogP contribution < -0.4 is 5.73 Å². The first kappa shape index (κ1) is 13.4. The standard InChI is InChI=1S/C13H21NOS/c1-9(2)16(15)8-13(14)12-6-5-10(3)11(4)7-12/h5-7,9,13H,8,14H2,1-4H3. The van der Waals surface area contributed by atoms with E-state index in [9.17, 15) is 4.21 Å². The van der Waals surface area contributed by atoms with Gasteiger partial charge >= 0.3 is 0 Å². The summed E-state index contributed by atoms with van der Waals surface area (Å²) in [6, 6.07) is 6.08. The van der Waals surface area contributed by atoms with Crippen molar-refractivity contribution in [3.8, 4) is 0 Å². The molecular weight excluding hydrogens is 218 g/mol. The van der Waals surface area contributed by atoms with E-state index in [0.717, 1.165) is 5.56 Å². The van der Waals surface area contributed by atoms with Gasteiger partial charge in [-0.05, 0) is 30.5 Å². The largest absolute Gasteiger partial charge is 0.323 e. The van der Waals surface area contributed by atoms with E-state index in [2.05, 4.69) is 26.0 Å². The van der Waals surface area contributed by atoms with Crippen molar-refractivity contribution >= 4 is 10.8 Å². The van der Waals surface area contributed by atoms with Gasteiger partial charge in [-0.25, -0.2) is 0 Å². The van der Waals surface area contributed by atoms with Crippen molar-refractivity contribution in [2.24, 2.45) is 5.73 Å². The molecule has 0 aliphatic rings. The van der Waals surface area contributed by atoms with Crippen molar-refractivity contribution in [2.45, 2.75) is 39.0 Å². The third kappa shape index (κ3) is 3.42. The molecule has 2 atom stereocenters. The summed E-state index contributed by atoms with van der Waals surface area (Å²) in [4.78, 5) is 0. The zero-order chi connectivity index (χ0) is 12.3. The van der Waals surface area contributed by atoms with Gasteiger partial charge < -0.3 is 5.73 Å². The van der Waals surface area contributed by atoms with E-state index < -0.39 is 10.8 Å². The fraction of sp³-hybridized carbons (Fsp3) is 0.538. The molecule has 0 radical (unpaired) electrons. The molecule has 0 aromatic heterocycles. The van der Waals surface area contributed by atoms with Gasteiger partial charge in [-0.1, -0.05) is 32.0 Å². The van der Waals surface area contributed by atoms with Crippen LogP contribution in [0.3, 0.4) is 0 Å². The van der Waals surface area contributed by atoms with E-state index in [1.165, 1.54) is 11.1 Å². The van der Waals surface area contributed by atoms with E-state index in [4.69, 9.17) is 5.73 Å². The molecule has 1 rings (SSSR count). The molecule has 0 fully saturated rings. The molecule has 1 aromatic rings. The molecular formula is C13H21NOS. The van der Waals surface area contributed by atoms with Gasteiger partial charge in [0.15, 0.2) is 0 Å². The molecule has 0 spiro atoms. The van der Waals surface area contributed by atoms with Gasteiger partial charge in [0.1, 0.15) is 0 Å². The van der Waals surface area contributed by atoms with Crippen molar-refractivity contribution in [3.05, 3.63) is 34.9 Å². The van der Waals surface area contributed by atoms with E-state index in [1.807, 2.05) is 19.9 Å². The zero-order valence-corrected chi connectivity index (χ0v) is 11.3. The minimum Gasteiger partial charge on any atom is -0.323 e. The van der Waals surface area contributed by atoms with E-state index >= 15 is 0 Å². The molecule has 0 amide bonds. The van der Waals surface area contributed by atoms with Crippen molar-refractivity contribution < 1.29 is 4.21 Å². The molecule has 0 aliphatic heterocycles. The summed E-state index contributed by atoms with van der Waals surface area (Å²) in [5.74, 6) is 0.542. The summed E-state index contributed by atoms with van der Waals surface area (Å²) >= 11 is 0. The third-order valence-electron chi connectivity index (χ3n) is 2.83. The Kier molecular flexibility index (Phi) is 4.69. The predicted molar refractivity (Wildman–Crippen MR) is 71.0 cm³/mol. The first-order valence-corrected chi connectivity index (χ1v) is 7.00. The monoisotopic (exact) mass is 239 g/mol. The Labute approximate surface area is 101 Å². The highest BCUT2D eigenvalue weighted by molar-refractivity contribution is 7.85. The Balaban J connectivity index is 2.77. The Morgan fingerprint density at radius 1 is 1.25 bits per heavy atom. The lowest BCUT2D eigenvalue weighted by Gasteiger charge is -2.14. The summed E-state index contributed by atoms with van der Waals surface area (Å²) in [6.07, 6.45) is 0. The van der Waals surface area contributed by atoms with Crippen LogP contribution in [-0.4, -0.2) is 15.2 Å². The topological polar surface area (TPSA) is 43.1 Å². The van der Waals surface area contributed by atoms with Crippen LogP contribution in [0.15, 0.2) is 18.2 Å². The molecule has 2 N–H and O–H groups in total. The first-order valence-electron chi connectivity index (χ1n) is 5.61. The van der Waals surface area contributed by atoms with Crippen LogP contribution in [0.4, 0.5) is 0 Å². The Bertz CT molecular complexity index is 388. The van der Waals surface area contributed by atoms with Crippen LogP contribution in [-0.2, 0) is 10.8 Å². The highest BCUT2D eigenvalue weighted by Gasteiger charge is 2.13. The number of hydrogen-bond acceptors (Lipinski definition) is 2. The van der Waals surface area contributed by atoms with Crippen LogP contribution in [0.25, 0.3) is 0 Å². The number of aryl methyl sites for hydroxylation is 2. The van der Waals surface area contributed by atoms with Crippen LogP contribution in [0.2, 0.25) is 0 Å². The lowest BCUT2D eigenvalue weighted by atomic mass is 10.0. The summed E-state index contributed by atoms with van der Waals surface area (Å²) in [7, 11) is -0.839. The van der Waals surface area contributed by atoms with E-state index in [1.54, 1.807) is 0 Å². The highest BCUT2D eigenvalue weighted by Crippen LogP contribution is 2.17. The van der Waals surface area contributed by atoms with Gasteiger partial charge in [-0.3, -0.25) is 4.21 Å². The average molecular weight is 239 g/mol. The highest BCUT2D eigenvalue weighted by atomic mass is 32.2. The summed E-state index contributed by atoms with van der Waals surface area (Å²) in [6.45, 7) is 8.08. The van der Waals surface area contributed by atoms with Crippen LogP contribution >= 0.6 is 0 Å². The molecule has 2 nitrogen and oxygen atoms in total.